The molecule has 0 saturated heterocycles. The number of aromatic nitrogens is 5. The first-order valence-electron chi connectivity index (χ1n) is 19.2. The summed E-state index contributed by atoms with van der Waals surface area (Å²) in [5.41, 5.74) is 11.1. The fourth-order valence-corrected chi connectivity index (χ4v) is 8.18. The zero-order valence-electron chi connectivity index (χ0n) is 32.0. The van der Waals surface area contributed by atoms with Gasteiger partial charge in [-0.1, -0.05) is 118 Å². The van der Waals surface area contributed by atoms with E-state index in [1.54, 1.807) is 0 Å². The molecule has 0 bridgehead atoms. The quantitative estimate of drug-likeness (QED) is 0.143. The molecule has 10 rings (SSSR count). The van der Waals surface area contributed by atoms with Crippen LogP contribution >= 0.6 is 0 Å². The van der Waals surface area contributed by atoms with Crippen molar-refractivity contribution in [3.8, 4) is 39.8 Å². The van der Waals surface area contributed by atoms with E-state index in [2.05, 4.69) is 145 Å². The molecule has 4 heterocycles. The Bertz CT molecular complexity index is 3020. The van der Waals surface area contributed by atoms with Gasteiger partial charge in [0.1, 0.15) is 5.82 Å². The summed E-state index contributed by atoms with van der Waals surface area (Å²) in [5, 5.41) is 9.35. The van der Waals surface area contributed by atoms with Gasteiger partial charge in [-0.25, -0.2) is 4.98 Å². The van der Waals surface area contributed by atoms with E-state index in [-0.39, 0.29) is 21.1 Å². The van der Waals surface area contributed by atoms with Crippen molar-refractivity contribution in [1.82, 2.24) is 23.9 Å². The summed E-state index contributed by atoms with van der Waals surface area (Å²) in [6.07, 6.45) is 5.81. The van der Waals surface area contributed by atoms with Crippen molar-refractivity contribution in [1.29, 1.82) is 0 Å². The molecule has 57 heavy (non-hydrogen) atoms. The smallest absolute Gasteiger partial charge is 0.509 e. The number of hydrogen-bond donors (Lipinski definition) is 0. The molecule has 280 valence electrons. The maximum Gasteiger partial charge on any atom is 2.00 e. The van der Waals surface area contributed by atoms with Crippen molar-refractivity contribution in [2.75, 3.05) is 0 Å². The van der Waals surface area contributed by atoms with Crippen molar-refractivity contribution < 1.29 is 25.8 Å². The summed E-state index contributed by atoms with van der Waals surface area (Å²) in [6.45, 7) is 9.11. The molecule has 0 unspecified atom stereocenters. The van der Waals surface area contributed by atoms with Crippen LogP contribution in [0.5, 0.6) is 11.5 Å². The maximum atomic E-state index is 6.49. The van der Waals surface area contributed by atoms with E-state index in [4.69, 9.17) is 9.72 Å². The van der Waals surface area contributed by atoms with Crippen LogP contribution in [0.15, 0.2) is 152 Å². The van der Waals surface area contributed by atoms with Crippen LogP contribution in [-0.2, 0) is 21.1 Å². The Labute approximate surface area is 346 Å². The molecule has 0 fully saturated rings. The molecule has 0 amide bonds. The van der Waals surface area contributed by atoms with Gasteiger partial charge in [0.15, 0.2) is 0 Å². The predicted molar refractivity (Wildman–Crippen MR) is 228 cm³/mol. The molecular formula is C50H39N5OPt. The molecule has 7 heteroatoms. The molecule has 0 N–H and O–H groups in total. The summed E-state index contributed by atoms with van der Waals surface area (Å²) in [4.78, 5) is 5.02. The Morgan fingerprint density at radius 2 is 1.25 bits per heavy atom. The maximum absolute atomic E-state index is 6.49. The molecule has 0 saturated carbocycles. The largest absolute Gasteiger partial charge is 2.00 e. The minimum absolute atomic E-state index is 0. The molecule has 0 spiro atoms. The third-order valence-corrected chi connectivity index (χ3v) is 10.8. The SMILES string of the molecule is CC(C)c1cccc2c3cccc(C(C)C)c3n(-c3ccnc(-n4c5[c-]c(Oc6[c-]c(-n7cc(-c8ccccc8)cn7)ccc6)ccc5c5ccccc54)c3)c12.[Pt+2]. The standard InChI is InChI=1S/C50H39N5O.Pt/c1-32(2)40-18-11-20-44-45-21-12-19-41(33(3)4)50(45)54(49(40)44)37-25-26-51-48(28-37)55-46-22-9-8-17-42(46)43-24-23-39(29-47(43)55)56-38-16-10-15-36(27-38)53-31-35(30-52-53)34-13-6-5-7-14-34;/h5-26,28,30-33H,1-4H3;/q-2;+2. The number of benzene rings is 6. The van der Waals surface area contributed by atoms with E-state index in [9.17, 15) is 0 Å². The molecular weight excluding hydrogens is 882 g/mol. The third-order valence-electron chi connectivity index (χ3n) is 10.8. The van der Waals surface area contributed by atoms with Gasteiger partial charge >= 0.3 is 21.1 Å². The number of ether oxygens (including phenoxy) is 1. The van der Waals surface area contributed by atoms with Crippen LogP contribution in [0.4, 0.5) is 0 Å². The summed E-state index contributed by atoms with van der Waals surface area (Å²) < 4.78 is 13.0. The summed E-state index contributed by atoms with van der Waals surface area (Å²) in [5.74, 6) is 2.66. The molecule has 0 aliphatic rings. The fraction of sp³-hybridized carbons (Fsp3) is 0.120. The predicted octanol–water partition coefficient (Wildman–Crippen LogP) is 12.8. The second-order valence-electron chi connectivity index (χ2n) is 15.0. The van der Waals surface area contributed by atoms with Crippen molar-refractivity contribution in [3.05, 3.63) is 175 Å². The van der Waals surface area contributed by atoms with E-state index in [0.717, 1.165) is 50.1 Å². The van der Waals surface area contributed by atoms with Gasteiger partial charge in [-0.2, -0.15) is 17.2 Å². The van der Waals surface area contributed by atoms with Gasteiger partial charge in [-0.15, -0.1) is 35.7 Å². The van der Waals surface area contributed by atoms with E-state index < -0.39 is 0 Å². The average molecular weight is 921 g/mol. The minimum Gasteiger partial charge on any atom is -0.509 e. The topological polar surface area (TPSA) is 49.8 Å². The van der Waals surface area contributed by atoms with Crippen molar-refractivity contribution in [2.45, 2.75) is 39.5 Å². The van der Waals surface area contributed by atoms with Gasteiger partial charge in [0.25, 0.3) is 0 Å². The summed E-state index contributed by atoms with van der Waals surface area (Å²) >= 11 is 0. The Morgan fingerprint density at radius 3 is 1.98 bits per heavy atom. The normalized spacial score (nSPS) is 11.7. The molecule has 10 aromatic rings. The van der Waals surface area contributed by atoms with Gasteiger partial charge in [0.2, 0.25) is 0 Å². The van der Waals surface area contributed by atoms with Crippen molar-refractivity contribution in [3.63, 3.8) is 0 Å². The van der Waals surface area contributed by atoms with Crippen LogP contribution in [0.2, 0.25) is 0 Å². The molecule has 4 aromatic heterocycles. The van der Waals surface area contributed by atoms with Crippen molar-refractivity contribution >= 4 is 43.6 Å². The molecule has 0 aliphatic heterocycles. The summed E-state index contributed by atoms with van der Waals surface area (Å²) in [7, 11) is 0. The number of para-hydroxylation sites is 3. The van der Waals surface area contributed by atoms with E-state index in [1.165, 1.54) is 32.9 Å². The van der Waals surface area contributed by atoms with Crippen LogP contribution in [0.25, 0.3) is 71.9 Å². The van der Waals surface area contributed by atoms with Gasteiger partial charge < -0.3 is 13.9 Å². The molecule has 6 nitrogen and oxygen atoms in total. The summed E-state index contributed by atoms with van der Waals surface area (Å²) in [6, 6.07) is 53.5. The van der Waals surface area contributed by atoms with Crippen molar-refractivity contribution in [2.24, 2.45) is 0 Å². The minimum atomic E-state index is 0. The van der Waals surface area contributed by atoms with Gasteiger partial charge in [-0.3, -0.25) is 4.68 Å². The second kappa shape index (κ2) is 14.7. The Balaban J connectivity index is 0.00000422. The van der Waals surface area contributed by atoms with E-state index >= 15 is 0 Å². The van der Waals surface area contributed by atoms with E-state index in [0.29, 0.717) is 23.3 Å². The van der Waals surface area contributed by atoms with Gasteiger partial charge in [-0.05, 0) is 51.7 Å². The van der Waals surface area contributed by atoms with E-state index in [1.807, 2.05) is 65.7 Å². The number of nitrogens with zero attached hydrogens (tertiary/aromatic N) is 5. The first-order chi connectivity index (χ1) is 27.4. The second-order valence-corrected chi connectivity index (χ2v) is 15.0. The van der Waals surface area contributed by atoms with Gasteiger partial charge in [0, 0.05) is 51.8 Å². The van der Waals surface area contributed by atoms with Crippen LogP contribution < -0.4 is 4.74 Å². The first kappa shape index (κ1) is 36.4. The number of pyridine rings is 1. The molecule has 0 atom stereocenters. The number of rotatable bonds is 8. The molecule has 6 aromatic carbocycles. The van der Waals surface area contributed by atoms with Crippen LogP contribution in [0.3, 0.4) is 0 Å². The molecule has 0 radical (unpaired) electrons. The molecule has 0 aliphatic carbocycles. The third kappa shape index (κ3) is 6.25. The van der Waals surface area contributed by atoms with Crippen LogP contribution in [0, 0.1) is 12.1 Å². The Kier molecular flexibility index (Phi) is 9.38. The number of hydrogen-bond acceptors (Lipinski definition) is 3. The zero-order chi connectivity index (χ0) is 37.9. The monoisotopic (exact) mass is 920 g/mol. The number of fused-ring (bicyclic) bond motifs is 6. The fourth-order valence-electron chi connectivity index (χ4n) is 8.18. The van der Waals surface area contributed by atoms with Crippen LogP contribution in [-0.4, -0.2) is 23.9 Å². The van der Waals surface area contributed by atoms with Crippen LogP contribution in [0.1, 0.15) is 50.7 Å². The van der Waals surface area contributed by atoms with Gasteiger partial charge in [0.05, 0.1) is 22.9 Å². The Morgan fingerprint density at radius 1 is 0.579 bits per heavy atom. The Hall–Kier alpha value is -6.23. The average Bonchev–Trinajstić information content (AvgIpc) is 3.94. The first-order valence-corrected chi connectivity index (χ1v) is 19.2. The zero-order valence-corrected chi connectivity index (χ0v) is 34.3.